The molecule has 272 valence electrons. The third-order valence-electron chi connectivity index (χ3n) is 9.43. The van der Waals surface area contributed by atoms with E-state index in [2.05, 4.69) is 31.3 Å². The maximum Gasteiger partial charge on any atom is 0.220 e. The van der Waals surface area contributed by atoms with Gasteiger partial charge in [0, 0.05) is 6.42 Å². The van der Waals surface area contributed by atoms with E-state index < -0.39 is 12.1 Å². The molecular formula is C42H81NO3. The molecule has 0 rings (SSSR count). The van der Waals surface area contributed by atoms with Gasteiger partial charge in [-0.25, -0.2) is 0 Å². The fraction of sp³-hybridized carbons (Fsp3) is 0.881. The smallest absolute Gasteiger partial charge is 0.220 e. The van der Waals surface area contributed by atoms with E-state index in [1.165, 1.54) is 167 Å². The minimum Gasteiger partial charge on any atom is -0.394 e. The highest BCUT2D eigenvalue weighted by atomic mass is 16.3. The largest absolute Gasteiger partial charge is 0.394 e. The summed E-state index contributed by atoms with van der Waals surface area (Å²) < 4.78 is 0. The lowest BCUT2D eigenvalue weighted by atomic mass is 10.0. The van der Waals surface area contributed by atoms with Crippen LogP contribution in [0.5, 0.6) is 0 Å². The van der Waals surface area contributed by atoms with Gasteiger partial charge in [-0.05, 0) is 44.9 Å². The zero-order valence-electron chi connectivity index (χ0n) is 31.1. The Morgan fingerprint density at radius 1 is 0.500 bits per heavy atom. The summed E-state index contributed by atoms with van der Waals surface area (Å²) in [4.78, 5) is 12.3. The van der Waals surface area contributed by atoms with Gasteiger partial charge < -0.3 is 15.5 Å². The van der Waals surface area contributed by atoms with Crippen molar-refractivity contribution in [2.75, 3.05) is 6.61 Å². The second-order valence-corrected chi connectivity index (χ2v) is 14.1. The van der Waals surface area contributed by atoms with Crippen LogP contribution >= 0.6 is 0 Å². The fourth-order valence-electron chi connectivity index (χ4n) is 6.23. The van der Waals surface area contributed by atoms with E-state index in [9.17, 15) is 15.0 Å². The summed E-state index contributed by atoms with van der Waals surface area (Å²) in [6, 6.07) is -0.622. The highest BCUT2D eigenvalue weighted by molar-refractivity contribution is 5.76. The molecule has 0 unspecified atom stereocenters. The zero-order chi connectivity index (χ0) is 33.6. The Morgan fingerprint density at radius 2 is 0.826 bits per heavy atom. The Hall–Kier alpha value is -1.13. The van der Waals surface area contributed by atoms with E-state index >= 15 is 0 Å². The minimum absolute atomic E-state index is 0.0717. The SMILES string of the molecule is CCCCCCCCCCCCC/C=C\[C@H](O)[C@@H](CO)NC(=O)CCCCCCC/C=C\CCCCCCCCCCCCCC. The molecule has 0 radical (unpaired) electrons. The predicted molar refractivity (Wildman–Crippen MR) is 202 cm³/mol. The second-order valence-electron chi connectivity index (χ2n) is 14.1. The number of hydrogen-bond acceptors (Lipinski definition) is 3. The molecule has 2 atom stereocenters. The molecule has 0 saturated heterocycles. The second kappa shape index (κ2) is 38.3. The van der Waals surface area contributed by atoms with Gasteiger partial charge >= 0.3 is 0 Å². The first-order valence-electron chi connectivity index (χ1n) is 20.6. The number of aliphatic hydroxyl groups excluding tert-OH is 2. The Kier molecular flexibility index (Phi) is 37.4. The van der Waals surface area contributed by atoms with Crippen LogP contribution in [-0.4, -0.2) is 34.9 Å². The molecule has 3 N–H and O–H groups in total. The van der Waals surface area contributed by atoms with Crippen molar-refractivity contribution < 1.29 is 15.0 Å². The van der Waals surface area contributed by atoms with Crippen molar-refractivity contribution in [2.24, 2.45) is 0 Å². The van der Waals surface area contributed by atoms with Crippen molar-refractivity contribution >= 4 is 5.91 Å². The number of aliphatic hydroxyl groups is 2. The molecular weight excluding hydrogens is 566 g/mol. The lowest BCUT2D eigenvalue weighted by Crippen LogP contribution is -2.45. The topological polar surface area (TPSA) is 69.6 Å². The van der Waals surface area contributed by atoms with Crippen LogP contribution in [0.15, 0.2) is 24.3 Å². The average Bonchev–Trinajstić information content (AvgIpc) is 3.06. The summed E-state index contributed by atoms with van der Waals surface area (Å²) in [5.74, 6) is -0.0717. The predicted octanol–water partition coefficient (Wildman–Crippen LogP) is 12.5. The molecule has 0 aromatic carbocycles. The third-order valence-corrected chi connectivity index (χ3v) is 9.43. The summed E-state index contributed by atoms with van der Waals surface area (Å²) in [6.07, 6.45) is 48.5. The molecule has 0 aliphatic rings. The zero-order valence-corrected chi connectivity index (χ0v) is 31.1. The summed E-state index contributed by atoms with van der Waals surface area (Å²) in [7, 11) is 0. The molecule has 0 aliphatic carbocycles. The first kappa shape index (κ1) is 44.9. The van der Waals surface area contributed by atoms with Crippen LogP contribution in [-0.2, 0) is 4.79 Å². The molecule has 46 heavy (non-hydrogen) atoms. The van der Waals surface area contributed by atoms with E-state index in [1.807, 2.05) is 6.08 Å². The van der Waals surface area contributed by atoms with Crippen molar-refractivity contribution in [1.82, 2.24) is 5.32 Å². The summed E-state index contributed by atoms with van der Waals surface area (Å²) in [6.45, 7) is 4.30. The van der Waals surface area contributed by atoms with E-state index in [-0.39, 0.29) is 12.5 Å². The molecule has 0 aromatic heterocycles. The molecule has 0 bridgehead atoms. The molecule has 4 nitrogen and oxygen atoms in total. The quantitative estimate of drug-likeness (QED) is 0.0464. The van der Waals surface area contributed by atoms with Crippen LogP contribution in [0.2, 0.25) is 0 Å². The van der Waals surface area contributed by atoms with Gasteiger partial charge in [-0.3, -0.25) is 4.79 Å². The number of nitrogens with one attached hydrogen (secondary N) is 1. The van der Waals surface area contributed by atoms with E-state index in [4.69, 9.17) is 0 Å². The van der Waals surface area contributed by atoms with Crippen molar-refractivity contribution in [2.45, 2.75) is 231 Å². The van der Waals surface area contributed by atoms with Gasteiger partial charge in [0.2, 0.25) is 5.91 Å². The number of allylic oxidation sites excluding steroid dienone is 3. The van der Waals surface area contributed by atoms with E-state index in [0.29, 0.717) is 6.42 Å². The molecule has 1 amide bonds. The molecule has 0 heterocycles. The molecule has 4 heteroatoms. The fourth-order valence-corrected chi connectivity index (χ4v) is 6.23. The molecule has 0 saturated carbocycles. The molecule has 0 aliphatic heterocycles. The normalized spacial score (nSPS) is 13.2. The Labute approximate surface area is 288 Å². The standard InChI is InChI=1S/C42H81NO3/c1-3-5-7-9-11-13-15-17-18-19-20-21-22-23-24-26-28-30-32-34-36-38-42(46)43-40(39-44)41(45)37-35-33-31-29-27-25-16-14-12-10-8-6-4-2/h23-24,35,37,40-41,44-45H,3-22,25-34,36,38-39H2,1-2H3,(H,43,46)/b24-23-,37-35-/t40-,41+/m1/s1. The molecule has 0 fully saturated rings. The number of amides is 1. The first-order valence-corrected chi connectivity index (χ1v) is 20.6. The van der Waals surface area contributed by atoms with E-state index in [0.717, 1.165) is 32.1 Å². The van der Waals surface area contributed by atoms with Crippen LogP contribution in [0.4, 0.5) is 0 Å². The van der Waals surface area contributed by atoms with Gasteiger partial charge in [0.15, 0.2) is 0 Å². The highest BCUT2D eigenvalue weighted by Crippen LogP contribution is 2.14. The van der Waals surface area contributed by atoms with Gasteiger partial charge in [-0.15, -0.1) is 0 Å². The highest BCUT2D eigenvalue weighted by Gasteiger charge is 2.17. The number of carbonyl (C=O) groups excluding carboxylic acids is 1. The maximum atomic E-state index is 12.3. The van der Waals surface area contributed by atoms with Crippen molar-refractivity contribution in [1.29, 1.82) is 0 Å². The van der Waals surface area contributed by atoms with Crippen LogP contribution < -0.4 is 5.32 Å². The van der Waals surface area contributed by atoms with Crippen molar-refractivity contribution in [3.63, 3.8) is 0 Å². The Bertz CT molecular complexity index is 661. The minimum atomic E-state index is -0.838. The maximum absolute atomic E-state index is 12.3. The number of hydrogen-bond donors (Lipinski definition) is 3. The van der Waals surface area contributed by atoms with Gasteiger partial charge in [0.25, 0.3) is 0 Å². The van der Waals surface area contributed by atoms with Crippen LogP contribution in [0.25, 0.3) is 0 Å². The van der Waals surface area contributed by atoms with Crippen molar-refractivity contribution in [3.05, 3.63) is 24.3 Å². The molecule has 0 spiro atoms. The number of unbranched alkanes of at least 4 members (excludes halogenated alkanes) is 28. The van der Waals surface area contributed by atoms with Crippen LogP contribution in [0.3, 0.4) is 0 Å². The van der Waals surface area contributed by atoms with Crippen LogP contribution in [0.1, 0.15) is 219 Å². The lowest BCUT2D eigenvalue weighted by molar-refractivity contribution is -0.123. The number of carbonyl (C=O) groups is 1. The summed E-state index contributed by atoms with van der Waals surface area (Å²) >= 11 is 0. The molecule has 0 aromatic rings. The summed E-state index contributed by atoms with van der Waals surface area (Å²) in [5.41, 5.74) is 0. The summed E-state index contributed by atoms with van der Waals surface area (Å²) in [5, 5.41) is 22.9. The third kappa shape index (κ3) is 34.2. The van der Waals surface area contributed by atoms with Gasteiger partial charge in [0.05, 0.1) is 18.8 Å². The lowest BCUT2D eigenvalue weighted by Gasteiger charge is -2.20. The van der Waals surface area contributed by atoms with Gasteiger partial charge in [-0.1, -0.05) is 192 Å². The Balaban J connectivity index is 3.57. The van der Waals surface area contributed by atoms with E-state index in [1.54, 1.807) is 6.08 Å². The number of rotatable bonds is 37. The monoisotopic (exact) mass is 648 g/mol. The Morgan fingerprint density at radius 3 is 1.20 bits per heavy atom. The first-order chi connectivity index (χ1) is 22.7. The van der Waals surface area contributed by atoms with Gasteiger partial charge in [-0.2, -0.15) is 0 Å². The average molecular weight is 648 g/mol. The van der Waals surface area contributed by atoms with Crippen LogP contribution in [0, 0.1) is 0 Å². The van der Waals surface area contributed by atoms with Gasteiger partial charge in [0.1, 0.15) is 0 Å². The van der Waals surface area contributed by atoms with Crippen molar-refractivity contribution in [3.8, 4) is 0 Å².